The number of thiazole rings is 1. The molecule has 1 amide bonds. The normalized spacial score (nSPS) is 15.2. The van der Waals surface area contributed by atoms with E-state index in [-0.39, 0.29) is 10.8 Å². The van der Waals surface area contributed by atoms with Gasteiger partial charge >= 0.3 is 0 Å². The van der Waals surface area contributed by atoms with Gasteiger partial charge in [0.15, 0.2) is 15.0 Å². The van der Waals surface area contributed by atoms with E-state index in [2.05, 4.69) is 9.88 Å². The lowest BCUT2D eigenvalue weighted by Crippen LogP contribution is -2.48. The van der Waals surface area contributed by atoms with Crippen LogP contribution in [0.3, 0.4) is 0 Å². The van der Waals surface area contributed by atoms with Crippen molar-refractivity contribution >= 4 is 42.4 Å². The largest absolute Gasteiger partial charge is 0.345 e. The first kappa shape index (κ1) is 18.9. The number of fused-ring (bicyclic) bond motifs is 1. The molecule has 2 heterocycles. The minimum absolute atomic E-state index is 0.0482. The highest BCUT2D eigenvalue weighted by Gasteiger charge is 2.25. The van der Waals surface area contributed by atoms with Gasteiger partial charge < -0.3 is 9.80 Å². The molecule has 0 bridgehead atoms. The Morgan fingerprint density at radius 3 is 2.46 bits per heavy atom. The summed E-state index contributed by atoms with van der Waals surface area (Å²) in [4.78, 5) is 21.6. The van der Waals surface area contributed by atoms with Crippen molar-refractivity contribution in [1.29, 1.82) is 0 Å². The van der Waals surface area contributed by atoms with Gasteiger partial charge in [-0.3, -0.25) is 4.79 Å². The Balaban J connectivity index is 1.52. The molecule has 1 aliphatic rings. The Bertz CT molecular complexity index is 1150. The topological polar surface area (TPSA) is 70.6 Å². The molecule has 3 aromatic rings. The summed E-state index contributed by atoms with van der Waals surface area (Å²) in [7, 11) is -3.33. The Kier molecular flexibility index (Phi) is 4.84. The number of piperazine rings is 1. The van der Waals surface area contributed by atoms with E-state index in [1.165, 1.54) is 17.6 Å². The van der Waals surface area contributed by atoms with Gasteiger partial charge in [0.25, 0.3) is 5.91 Å². The molecular formula is C20H21N3O3S2. The fourth-order valence-corrected chi connectivity index (χ4v) is 5.35. The van der Waals surface area contributed by atoms with E-state index in [1.807, 2.05) is 42.2 Å². The van der Waals surface area contributed by atoms with Crippen molar-refractivity contribution in [2.24, 2.45) is 0 Å². The highest BCUT2D eigenvalue weighted by Crippen LogP contribution is 2.33. The molecule has 28 heavy (non-hydrogen) atoms. The van der Waals surface area contributed by atoms with Gasteiger partial charge in [-0.05, 0) is 31.2 Å². The average Bonchev–Trinajstić information content (AvgIpc) is 3.11. The van der Waals surface area contributed by atoms with Crippen LogP contribution in [-0.4, -0.2) is 56.6 Å². The fraction of sp³-hybridized carbons (Fsp3) is 0.300. The Morgan fingerprint density at radius 1 is 1.07 bits per heavy atom. The number of carbonyl (C=O) groups is 1. The maximum atomic E-state index is 12.7. The number of rotatable bonds is 3. The van der Waals surface area contributed by atoms with Gasteiger partial charge in [-0.2, -0.15) is 0 Å². The molecule has 0 aliphatic carbocycles. The van der Waals surface area contributed by atoms with Crippen LogP contribution in [0.25, 0.3) is 10.2 Å². The van der Waals surface area contributed by atoms with Crippen LogP contribution in [0.5, 0.6) is 0 Å². The average molecular weight is 416 g/mol. The van der Waals surface area contributed by atoms with Gasteiger partial charge in [-0.1, -0.05) is 35.1 Å². The molecule has 146 valence electrons. The molecule has 0 spiro atoms. The number of hydrogen-bond acceptors (Lipinski definition) is 6. The molecule has 0 radical (unpaired) electrons. The monoisotopic (exact) mass is 415 g/mol. The summed E-state index contributed by atoms with van der Waals surface area (Å²) < 4.78 is 24.9. The molecular weight excluding hydrogens is 394 g/mol. The zero-order chi connectivity index (χ0) is 19.9. The van der Waals surface area contributed by atoms with E-state index in [0.29, 0.717) is 37.3 Å². The van der Waals surface area contributed by atoms with Crippen LogP contribution in [-0.2, 0) is 9.84 Å². The number of aryl methyl sites for hydroxylation is 1. The molecule has 1 aromatic heterocycles. The lowest BCUT2D eigenvalue weighted by Gasteiger charge is -2.34. The minimum atomic E-state index is -3.33. The highest BCUT2D eigenvalue weighted by molar-refractivity contribution is 7.91. The number of para-hydroxylation sites is 1. The summed E-state index contributed by atoms with van der Waals surface area (Å²) in [6.07, 6.45) is 1.20. The van der Waals surface area contributed by atoms with Crippen molar-refractivity contribution in [3.8, 4) is 0 Å². The van der Waals surface area contributed by atoms with Crippen LogP contribution in [0.15, 0.2) is 47.4 Å². The van der Waals surface area contributed by atoms with Gasteiger partial charge in [0, 0.05) is 38.0 Å². The highest BCUT2D eigenvalue weighted by atomic mass is 32.2. The number of carbonyl (C=O) groups excluding carboxylic acids is 1. The number of hydrogen-bond donors (Lipinski definition) is 0. The van der Waals surface area contributed by atoms with E-state index in [9.17, 15) is 13.2 Å². The Hall–Kier alpha value is -2.45. The first-order chi connectivity index (χ1) is 13.3. The fourth-order valence-electron chi connectivity index (χ4n) is 3.41. The second-order valence-corrected chi connectivity index (χ2v) is 10.0. The molecule has 2 aromatic carbocycles. The van der Waals surface area contributed by atoms with Gasteiger partial charge in [0.1, 0.15) is 5.52 Å². The van der Waals surface area contributed by atoms with Crippen molar-refractivity contribution in [3.63, 3.8) is 0 Å². The molecule has 1 aliphatic heterocycles. The zero-order valence-electron chi connectivity index (χ0n) is 15.8. The van der Waals surface area contributed by atoms with Gasteiger partial charge in [0.05, 0.1) is 9.60 Å². The summed E-state index contributed by atoms with van der Waals surface area (Å²) in [6.45, 7) is 4.55. The van der Waals surface area contributed by atoms with Crippen LogP contribution in [0.2, 0.25) is 0 Å². The summed E-state index contributed by atoms with van der Waals surface area (Å²) in [6, 6.07) is 12.9. The molecule has 6 nitrogen and oxygen atoms in total. The van der Waals surface area contributed by atoms with Crippen molar-refractivity contribution in [1.82, 2.24) is 9.88 Å². The molecule has 0 atom stereocenters. The molecule has 1 fully saturated rings. The molecule has 8 heteroatoms. The summed E-state index contributed by atoms with van der Waals surface area (Å²) >= 11 is 1.49. The standard InChI is InChI=1S/C20H21N3O3S2/c1-14-5-3-6-15(13-14)19(24)22-9-11-23(12-10-22)20-21-18-16(27-20)7-4-8-17(18)28(2,25)26/h3-8,13H,9-12H2,1-2H3. The lowest BCUT2D eigenvalue weighted by molar-refractivity contribution is 0.0746. The second kappa shape index (κ2) is 7.18. The van der Waals surface area contributed by atoms with Crippen molar-refractivity contribution in [2.75, 3.05) is 37.3 Å². The van der Waals surface area contributed by atoms with E-state index in [4.69, 9.17) is 0 Å². The number of amides is 1. The number of aromatic nitrogens is 1. The molecule has 0 unspecified atom stereocenters. The maximum absolute atomic E-state index is 12.7. The number of nitrogens with zero attached hydrogens (tertiary/aromatic N) is 3. The van der Waals surface area contributed by atoms with Crippen LogP contribution < -0.4 is 4.90 Å². The van der Waals surface area contributed by atoms with E-state index in [0.717, 1.165) is 15.4 Å². The lowest BCUT2D eigenvalue weighted by atomic mass is 10.1. The maximum Gasteiger partial charge on any atom is 0.253 e. The van der Waals surface area contributed by atoms with E-state index in [1.54, 1.807) is 12.1 Å². The SMILES string of the molecule is Cc1cccc(C(=O)N2CCN(c3nc4c(S(C)(=O)=O)cccc4s3)CC2)c1. The van der Waals surface area contributed by atoms with E-state index < -0.39 is 9.84 Å². The van der Waals surface area contributed by atoms with Crippen LogP contribution in [0.4, 0.5) is 5.13 Å². The zero-order valence-corrected chi connectivity index (χ0v) is 17.4. The summed E-state index contributed by atoms with van der Waals surface area (Å²) in [5, 5.41) is 0.800. The third-order valence-corrected chi connectivity index (χ3v) is 7.08. The van der Waals surface area contributed by atoms with Crippen LogP contribution >= 0.6 is 11.3 Å². The number of sulfone groups is 1. The van der Waals surface area contributed by atoms with Crippen LogP contribution in [0.1, 0.15) is 15.9 Å². The Morgan fingerprint density at radius 2 is 1.79 bits per heavy atom. The molecule has 0 N–H and O–H groups in total. The predicted molar refractivity (Wildman–Crippen MR) is 112 cm³/mol. The number of benzene rings is 2. The van der Waals surface area contributed by atoms with Crippen molar-refractivity contribution in [2.45, 2.75) is 11.8 Å². The smallest absolute Gasteiger partial charge is 0.253 e. The van der Waals surface area contributed by atoms with Crippen molar-refractivity contribution in [3.05, 3.63) is 53.6 Å². The first-order valence-corrected chi connectivity index (χ1v) is 11.7. The second-order valence-electron chi connectivity index (χ2n) is 7.02. The predicted octanol–water partition coefficient (Wildman–Crippen LogP) is 2.97. The molecule has 0 saturated carbocycles. The first-order valence-electron chi connectivity index (χ1n) is 9.03. The third-order valence-electron chi connectivity index (χ3n) is 4.87. The molecule has 1 saturated heterocycles. The number of anilines is 1. The van der Waals surface area contributed by atoms with E-state index >= 15 is 0 Å². The van der Waals surface area contributed by atoms with Gasteiger partial charge in [0.2, 0.25) is 0 Å². The third kappa shape index (κ3) is 3.62. The van der Waals surface area contributed by atoms with Gasteiger partial charge in [-0.15, -0.1) is 0 Å². The quantitative estimate of drug-likeness (QED) is 0.658. The van der Waals surface area contributed by atoms with Crippen LogP contribution in [0, 0.1) is 6.92 Å². The summed E-state index contributed by atoms with van der Waals surface area (Å²) in [5.41, 5.74) is 2.31. The van der Waals surface area contributed by atoms with Crippen molar-refractivity contribution < 1.29 is 13.2 Å². The van der Waals surface area contributed by atoms with Gasteiger partial charge in [-0.25, -0.2) is 13.4 Å². The Labute approximate surface area is 168 Å². The minimum Gasteiger partial charge on any atom is -0.345 e. The summed E-state index contributed by atoms with van der Waals surface area (Å²) in [5.74, 6) is 0.0482. The molecule has 4 rings (SSSR count).